The molecular weight excluding hydrogens is 673 g/mol. The third-order valence-electron chi connectivity index (χ3n) is 9.52. The minimum Gasteiger partial charge on any atom is -0.377 e. The van der Waals surface area contributed by atoms with E-state index in [1.54, 1.807) is 0 Å². The summed E-state index contributed by atoms with van der Waals surface area (Å²) in [6.45, 7) is 8.72. The Morgan fingerprint density at radius 1 is 0.843 bits per heavy atom. The summed E-state index contributed by atoms with van der Waals surface area (Å²) in [6.07, 6.45) is 7.52. The first-order valence-electron chi connectivity index (χ1n) is 19.0. The second-order valence-corrected chi connectivity index (χ2v) is 14.7. The highest BCUT2D eigenvalue weighted by atomic mass is 32.2. The minimum absolute atomic E-state index is 0.0326. The lowest BCUT2D eigenvalue weighted by Gasteiger charge is -2.38. The molecule has 0 radical (unpaired) electrons. The summed E-state index contributed by atoms with van der Waals surface area (Å²) in [7, 11) is 0. The molecule has 5 amide bonds. The number of fused-ring (bicyclic) bond motifs is 1. The fourth-order valence-corrected chi connectivity index (χ4v) is 8.45. The normalized spacial score (nSPS) is 20.4. The molecule has 1 aromatic rings. The van der Waals surface area contributed by atoms with Crippen molar-refractivity contribution in [1.29, 1.82) is 0 Å². The number of para-hydroxylation sites is 1. The summed E-state index contributed by atoms with van der Waals surface area (Å²) in [5.41, 5.74) is 0.936. The third kappa shape index (κ3) is 14.9. The molecule has 14 heteroatoms. The molecular formula is C37H60N6O7S. The fourth-order valence-electron chi connectivity index (χ4n) is 6.90. The number of urea groups is 1. The lowest BCUT2D eigenvalue weighted by Crippen LogP contribution is -2.47. The highest BCUT2D eigenvalue weighted by Gasteiger charge is 2.42. The van der Waals surface area contributed by atoms with Crippen LogP contribution < -0.4 is 26.2 Å². The molecule has 3 atom stereocenters. The standard InChI is InChI=1S/C37H60N6O7S/c1-2-19-42-20-15-30(16-21-42)43(29-9-4-3-5-10-29)35(46)14-8-13-34(45)39-18-23-49-25-27-50-26-24-48-22-17-38-33(44)12-7-6-11-32-36-31(28-51-32)40-37(47)41-36/h3-5,9-10,30-32,36H,2,6-8,11-28H2,1H3,(H,38,44)(H,39,45)(H2,40,41,47)/t31-,32-,36-/m0/s1. The van der Waals surface area contributed by atoms with Gasteiger partial charge in [-0.15, -0.1) is 0 Å². The van der Waals surface area contributed by atoms with E-state index in [-0.39, 0.29) is 41.9 Å². The first-order valence-corrected chi connectivity index (χ1v) is 20.0. The van der Waals surface area contributed by atoms with Crippen LogP contribution in [0.1, 0.15) is 71.1 Å². The van der Waals surface area contributed by atoms with Crippen molar-refractivity contribution in [3.63, 3.8) is 0 Å². The largest absolute Gasteiger partial charge is 0.377 e. The van der Waals surface area contributed by atoms with E-state index in [4.69, 9.17) is 14.2 Å². The Morgan fingerprint density at radius 3 is 2.12 bits per heavy atom. The third-order valence-corrected chi connectivity index (χ3v) is 11.0. The van der Waals surface area contributed by atoms with Crippen LogP contribution in [0.5, 0.6) is 0 Å². The number of amides is 5. The Labute approximate surface area is 308 Å². The predicted octanol–water partition coefficient (Wildman–Crippen LogP) is 3.07. The molecule has 4 rings (SSSR count). The number of unbranched alkanes of at least 4 members (excludes halogenated alkanes) is 1. The monoisotopic (exact) mass is 732 g/mol. The molecule has 51 heavy (non-hydrogen) atoms. The zero-order valence-corrected chi connectivity index (χ0v) is 31.2. The highest BCUT2D eigenvalue weighted by Crippen LogP contribution is 2.33. The van der Waals surface area contributed by atoms with E-state index in [1.807, 2.05) is 47.0 Å². The fraction of sp³-hybridized carbons (Fsp3) is 0.730. The first kappa shape index (κ1) is 40.9. The number of hydrogen-bond donors (Lipinski definition) is 4. The average molecular weight is 733 g/mol. The summed E-state index contributed by atoms with van der Waals surface area (Å²) in [6, 6.07) is 10.5. The number of thioether (sulfide) groups is 1. The smallest absolute Gasteiger partial charge is 0.315 e. The van der Waals surface area contributed by atoms with Crippen molar-refractivity contribution in [3.8, 4) is 0 Å². The SMILES string of the molecule is CCCN1CCC(N(C(=O)CCCC(=O)NCCOCCOCCOCCNC(=O)CCCC[C@@H]2SC[C@@H]3NC(=O)N[C@@H]32)c2ccccc2)CC1. The van der Waals surface area contributed by atoms with Gasteiger partial charge in [0, 0.05) is 68.2 Å². The summed E-state index contributed by atoms with van der Waals surface area (Å²) < 4.78 is 16.6. The maximum absolute atomic E-state index is 13.3. The number of anilines is 1. The van der Waals surface area contributed by atoms with Crippen LogP contribution in [0.25, 0.3) is 0 Å². The van der Waals surface area contributed by atoms with Crippen molar-refractivity contribution >= 4 is 41.2 Å². The van der Waals surface area contributed by atoms with Crippen LogP contribution in [0.2, 0.25) is 0 Å². The van der Waals surface area contributed by atoms with E-state index in [0.717, 1.165) is 69.6 Å². The summed E-state index contributed by atoms with van der Waals surface area (Å²) in [5.74, 6) is 0.991. The Morgan fingerprint density at radius 2 is 1.47 bits per heavy atom. The predicted molar refractivity (Wildman–Crippen MR) is 200 cm³/mol. The number of carbonyl (C=O) groups is 4. The molecule has 0 unspecified atom stereocenters. The molecule has 3 fully saturated rings. The van der Waals surface area contributed by atoms with Crippen molar-refractivity contribution < 1.29 is 33.4 Å². The topological polar surface area (TPSA) is 151 Å². The molecule has 1 aromatic carbocycles. The average Bonchev–Trinajstić information content (AvgIpc) is 3.69. The highest BCUT2D eigenvalue weighted by molar-refractivity contribution is 8.00. The van der Waals surface area contributed by atoms with Crippen molar-refractivity contribution in [2.75, 3.05) is 83.0 Å². The van der Waals surface area contributed by atoms with Gasteiger partial charge >= 0.3 is 6.03 Å². The molecule has 0 aliphatic carbocycles. The zero-order valence-electron chi connectivity index (χ0n) is 30.4. The van der Waals surface area contributed by atoms with Crippen LogP contribution in [0.15, 0.2) is 30.3 Å². The Kier molecular flexibility index (Phi) is 18.9. The number of likely N-dealkylation sites (tertiary alicyclic amines) is 1. The number of carbonyl (C=O) groups excluding carboxylic acids is 4. The molecule has 3 heterocycles. The number of hydrogen-bond acceptors (Lipinski definition) is 9. The molecule has 3 saturated heterocycles. The second kappa shape index (κ2) is 23.6. The van der Waals surface area contributed by atoms with Crippen molar-refractivity contribution in [2.24, 2.45) is 0 Å². The molecule has 0 bridgehead atoms. The van der Waals surface area contributed by atoms with Crippen LogP contribution in [0.4, 0.5) is 10.5 Å². The molecule has 3 aliphatic heterocycles. The van der Waals surface area contributed by atoms with Gasteiger partial charge in [0.2, 0.25) is 17.7 Å². The van der Waals surface area contributed by atoms with Gasteiger partial charge in [-0.1, -0.05) is 31.5 Å². The Balaban J connectivity index is 0.915. The van der Waals surface area contributed by atoms with Crippen LogP contribution in [0, 0.1) is 0 Å². The van der Waals surface area contributed by atoms with Crippen molar-refractivity contribution in [3.05, 3.63) is 30.3 Å². The lowest BCUT2D eigenvalue weighted by molar-refractivity contribution is -0.122. The first-order chi connectivity index (χ1) is 24.9. The molecule has 0 spiro atoms. The number of piperidine rings is 1. The van der Waals surface area contributed by atoms with Crippen LogP contribution in [-0.4, -0.2) is 130 Å². The van der Waals surface area contributed by atoms with Gasteiger partial charge in [0.05, 0.1) is 51.7 Å². The van der Waals surface area contributed by atoms with Gasteiger partial charge in [-0.05, 0) is 57.2 Å². The van der Waals surface area contributed by atoms with Gasteiger partial charge in [0.15, 0.2) is 0 Å². The van der Waals surface area contributed by atoms with E-state index in [9.17, 15) is 19.2 Å². The Hall–Kier alpha value is -2.91. The van der Waals surface area contributed by atoms with Crippen LogP contribution in [0.3, 0.4) is 0 Å². The molecule has 286 valence electrons. The van der Waals surface area contributed by atoms with E-state index in [2.05, 4.69) is 33.1 Å². The van der Waals surface area contributed by atoms with E-state index in [0.29, 0.717) is 83.7 Å². The Bertz CT molecular complexity index is 1190. The van der Waals surface area contributed by atoms with Crippen molar-refractivity contribution in [2.45, 2.75) is 94.5 Å². The zero-order chi connectivity index (χ0) is 36.1. The van der Waals surface area contributed by atoms with Gasteiger partial charge in [0.1, 0.15) is 0 Å². The van der Waals surface area contributed by atoms with E-state index >= 15 is 0 Å². The van der Waals surface area contributed by atoms with Gasteiger partial charge in [-0.25, -0.2) is 4.79 Å². The number of rotatable bonds is 25. The summed E-state index contributed by atoms with van der Waals surface area (Å²) >= 11 is 1.90. The summed E-state index contributed by atoms with van der Waals surface area (Å²) in [4.78, 5) is 53.7. The molecule has 3 aliphatic rings. The number of benzene rings is 1. The number of nitrogens with zero attached hydrogens (tertiary/aromatic N) is 2. The minimum atomic E-state index is -0.0779. The van der Waals surface area contributed by atoms with Crippen molar-refractivity contribution in [1.82, 2.24) is 26.2 Å². The molecule has 0 aromatic heterocycles. The van der Waals surface area contributed by atoms with Gasteiger partial charge < -0.3 is 45.3 Å². The van der Waals surface area contributed by atoms with Crippen LogP contribution in [-0.2, 0) is 28.6 Å². The van der Waals surface area contributed by atoms with E-state index in [1.165, 1.54) is 0 Å². The van der Waals surface area contributed by atoms with E-state index < -0.39 is 0 Å². The molecule has 0 saturated carbocycles. The second-order valence-electron chi connectivity index (χ2n) is 13.4. The quantitative estimate of drug-likeness (QED) is 0.0879. The molecule has 13 nitrogen and oxygen atoms in total. The van der Waals surface area contributed by atoms with Gasteiger partial charge in [-0.3, -0.25) is 14.4 Å². The lowest BCUT2D eigenvalue weighted by atomic mass is 10.0. The maximum Gasteiger partial charge on any atom is 0.315 e. The number of nitrogens with one attached hydrogen (secondary N) is 4. The number of ether oxygens (including phenoxy) is 3. The van der Waals surface area contributed by atoms with Gasteiger partial charge in [0.25, 0.3) is 0 Å². The maximum atomic E-state index is 13.3. The summed E-state index contributed by atoms with van der Waals surface area (Å²) in [5, 5.41) is 12.1. The van der Waals surface area contributed by atoms with Crippen LogP contribution >= 0.6 is 11.8 Å². The van der Waals surface area contributed by atoms with Gasteiger partial charge in [-0.2, -0.15) is 11.8 Å². The molecule has 4 N–H and O–H groups in total.